The van der Waals surface area contributed by atoms with Crippen molar-refractivity contribution in [3.05, 3.63) is 68.3 Å². The van der Waals surface area contributed by atoms with Crippen LogP contribution in [0.3, 0.4) is 0 Å². The van der Waals surface area contributed by atoms with Gasteiger partial charge in [0.15, 0.2) is 5.82 Å². The van der Waals surface area contributed by atoms with E-state index in [-0.39, 0.29) is 23.7 Å². The lowest BCUT2D eigenvalue weighted by atomic mass is 10.1. The molecule has 0 bridgehead atoms. The van der Waals surface area contributed by atoms with Crippen LogP contribution in [0, 0.1) is 0 Å². The van der Waals surface area contributed by atoms with Crippen molar-refractivity contribution < 1.29 is 13.3 Å². The van der Waals surface area contributed by atoms with Crippen molar-refractivity contribution in [2.75, 3.05) is 17.3 Å². The highest BCUT2D eigenvalue weighted by Gasteiger charge is 2.35. The normalized spacial score (nSPS) is 11.8. The lowest BCUT2D eigenvalue weighted by Crippen LogP contribution is -2.41. The van der Waals surface area contributed by atoms with Crippen LogP contribution in [0.5, 0.6) is 0 Å². The molecule has 32 heavy (non-hydrogen) atoms. The lowest BCUT2D eigenvalue weighted by Gasteiger charge is -2.23. The Morgan fingerprint density at radius 3 is 2.53 bits per heavy atom. The van der Waals surface area contributed by atoms with Crippen molar-refractivity contribution >= 4 is 23.0 Å². The number of nitrogens with zero attached hydrogens (tertiary/aromatic N) is 6. The van der Waals surface area contributed by atoms with Gasteiger partial charge in [-0.15, -0.1) is 0 Å². The second-order valence-corrected chi connectivity index (χ2v) is 7.52. The number of anilines is 2. The maximum Gasteiger partial charge on any atom is 0.400 e. The second-order valence-electron chi connectivity index (χ2n) is 7.04. The Morgan fingerprint density at radius 2 is 1.94 bits per heavy atom. The van der Waals surface area contributed by atoms with Gasteiger partial charge < -0.3 is 14.7 Å². The number of rotatable bonds is 8. The first-order valence-corrected chi connectivity index (χ1v) is 9.64. The van der Waals surface area contributed by atoms with Crippen LogP contribution in [0.1, 0.15) is 17.3 Å². The van der Waals surface area contributed by atoms with Crippen molar-refractivity contribution in [2.24, 2.45) is 7.05 Å². The van der Waals surface area contributed by atoms with Crippen LogP contribution in [0.25, 0.3) is 11.4 Å². The number of hydrogen-bond donors (Lipinski definition) is 1. The van der Waals surface area contributed by atoms with Gasteiger partial charge in [0.1, 0.15) is 17.7 Å². The van der Waals surface area contributed by atoms with Crippen molar-refractivity contribution in [1.29, 1.82) is 0 Å². The summed E-state index contributed by atoms with van der Waals surface area (Å²) in [6.45, 7) is 0.522. The maximum atomic E-state index is 13.0. The van der Waals surface area contributed by atoms with Gasteiger partial charge in [-0.3, -0.25) is 14.3 Å². The molecule has 10 nitrogen and oxygen atoms in total. The Balaban J connectivity index is 1.45. The van der Waals surface area contributed by atoms with E-state index in [1.165, 1.54) is 11.0 Å². The summed E-state index contributed by atoms with van der Waals surface area (Å²) in [5.74, 6) is -0.530. The fraction of sp³-hybridized carbons (Fsp3) is 0.263. The van der Waals surface area contributed by atoms with E-state index in [1.807, 2.05) is 0 Å². The van der Waals surface area contributed by atoms with E-state index in [4.69, 9.17) is 11.6 Å². The molecule has 0 amide bonds. The molecule has 0 radical (unpaired) electrons. The lowest BCUT2D eigenvalue weighted by molar-refractivity contribution is 0.0551. The molecule has 0 unspecified atom stereocenters. The van der Waals surface area contributed by atoms with Crippen molar-refractivity contribution in [2.45, 2.75) is 18.5 Å². The Bertz CT molecular complexity index is 1320. The first-order valence-electron chi connectivity index (χ1n) is 9.26. The van der Waals surface area contributed by atoms with Gasteiger partial charge in [-0.05, 0) is 17.2 Å². The van der Waals surface area contributed by atoms with Gasteiger partial charge in [0.25, 0.3) is 10.9 Å². The SMILES string of the molecule is CN(Cc1ccc(-c2noc(C(F)(F)Cl)n2)cc1)c1c(NCc2ncn(C)n2)c(=O)c1=O. The number of aromatic nitrogens is 5. The van der Waals surface area contributed by atoms with E-state index in [0.717, 1.165) is 5.56 Å². The molecule has 0 aliphatic heterocycles. The van der Waals surface area contributed by atoms with Gasteiger partial charge in [0.2, 0.25) is 5.82 Å². The van der Waals surface area contributed by atoms with Crippen molar-refractivity contribution in [3.63, 3.8) is 0 Å². The highest BCUT2D eigenvalue weighted by molar-refractivity contribution is 6.21. The summed E-state index contributed by atoms with van der Waals surface area (Å²) in [5, 5.41) is 6.79. The fourth-order valence-electron chi connectivity index (χ4n) is 3.11. The Hall–Kier alpha value is -3.67. The van der Waals surface area contributed by atoms with Crippen LogP contribution in [-0.2, 0) is 25.5 Å². The van der Waals surface area contributed by atoms with E-state index in [2.05, 4.69) is 30.1 Å². The van der Waals surface area contributed by atoms with Gasteiger partial charge in [0.05, 0.1) is 6.54 Å². The first-order chi connectivity index (χ1) is 15.1. The topological polar surface area (TPSA) is 119 Å². The van der Waals surface area contributed by atoms with Crippen molar-refractivity contribution in [1.82, 2.24) is 24.9 Å². The van der Waals surface area contributed by atoms with Gasteiger partial charge in [-0.1, -0.05) is 29.4 Å². The molecular weight excluding hydrogens is 448 g/mol. The highest BCUT2D eigenvalue weighted by Crippen LogP contribution is 2.32. The molecule has 0 aliphatic carbocycles. The van der Waals surface area contributed by atoms with Crippen LogP contribution < -0.4 is 21.1 Å². The zero-order valence-corrected chi connectivity index (χ0v) is 17.6. The Kier molecular flexibility index (Phi) is 5.46. The molecule has 166 valence electrons. The molecule has 0 atom stereocenters. The summed E-state index contributed by atoms with van der Waals surface area (Å²) >= 11 is 4.88. The first kappa shape index (κ1) is 21.6. The number of benzene rings is 1. The number of aryl methyl sites for hydroxylation is 1. The van der Waals surface area contributed by atoms with Gasteiger partial charge >= 0.3 is 11.3 Å². The third-order valence-corrected chi connectivity index (χ3v) is 4.80. The minimum absolute atomic E-state index is 0.0303. The van der Waals surface area contributed by atoms with Gasteiger partial charge in [-0.25, -0.2) is 4.98 Å². The number of hydrogen-bond acceptors (Lipinski definition) is 9. The standard InChI is InChI=1S/C19H16ClF2N7O3/c1-28(14-13(15(30)16(14)31)23-7-12-24-9-29(2)26-12)8-10-3-5-11(6-4-10)17-25-18(32-27-17)19(20,21)22/h3-6,9,23H,7-8H2,1-2H3. The largest absolute Gasteiger partial charge is 0.400 e. The van der Waals surface area contributed by atoms with E-state index in [1.54, 1.807) is 43.3 Å². The molecule has 13 heteroatoms. The van der Waals surface area contributed by atoms with Crippen LogP contribution in [0.15, 0.2) is 44.7 Å². The molecule has 0 saturated heterocycles. The molecule has 2 aromatic carbocycles. The van der Waals surface area contributed by atoms with E-state index in [9.17, 15) is 18.4 Å². The molecule has 0 spiro atoms. The average Bonchev–Trinajstić information content (AvgIpc) is 3.40. The summed E-state index contributed by atoms with van der Waals surface area (Å²) in [6, 6.07) is 6.69. The van der Waals surface area contributed by atoms with Crippen molar-refractivity contribution in [3.8, 4) is 11.4 Å². The Labute approximate surface area is 184 Å². The van der Waals surface area contributed by atoms with Gasteiger partial charge in [0, 0.05) is 26.2 Å². The molecule has 4 aromatic rings. The molecular formula is C19H16ClF2N7O3. The van der Waals surface area contributed by atoms with E-state index < -0.39 is 22.1 Å². The molecule has 2 aromatic heterocycles. The Morgan fingerprint density at radius 1 is 1.22 bits per heavy atom. The molecule has 4 rings (SSSR count). The minimum Gasteiger partial charge on any atom is -0.373 e. The molecule has 1 N–H and O–H groups in total. The molecule has 0 aliphatic rings. The summed E-state index contributed by atoms with van der Waals surface area (Å²) in [7, 11) is 3.41. The molecule has 0 fully saturated rings. The van der Waals surface area contributed by atoms with Crippen LogP contribution in [-0.4, -0.2) is 32.0 Å². The molecule has 2 heterocycles. The monoisotopic (exact) mass is 463 g/mol. The van der Waals surface area contributed by atoms with Crippen LogP contribution in [0.4, 0.5) is 20.2 Å². The zero-order chi connectivity index (χ0) is 23.0. The van der Waals surface area contributed by atoms with Gasteiger partial charge in [-0.2, -0.15) is 18.9 Å². The van der Waals surface area contributed by atoms with E-state index >= 15 is 0 Å². The molecule has 0 saturated carbocycles. The average molecular weight is 464 g/mol. The van der Waals surface area contributed by atoms with Crippen LogP contribution >= 0.6 is 11.6 Å². The number of alkyl halides is 3. The summed E-state index contributed by atoms with van der Waals surface area (Å²) in [4.78, 5) is 33.4. The second kappa shape index (κ2) is 8.11. The summed E-state index contributed by atoms with van der Waals surface area (Å²) < 4.78 is 32.1. The fourth-order valence-corrected chi connectivity index (χ4v) is 3.18. The smallest absolute Gasteiger partial charge is 0.373 e. The summed E-state index contributed by atoms with van der Waals surface area (Å²) in [5.41, 5.74) is 0.550. The zero-order valence-electron chi connectivity index (χ0n) is 16.8. The minimum atomic E-state index is -3.74. The third-order valence-electron chi connectivity index (χ3n) is 4.64. The number of halogens is 3. The van der Waals surface area contributed by atoms with E-state index in [0.29, 0.717) is 17.9 Å². The predicted molar refractivity (Wildman–Crippen MR) is 111 cm³/mol. The number of nitrogens with one attached hydrogen (secondary N) is 1. The third kappa shape index (κ3) is 4.21. The van der Waals surface area contributed by atoms with Crippen LogP contribution in [0.2, 0.25) is 0 Å². The summed E-state index contributed by atoms with van der Waals surface area (Å²) in [6.07, 6.45) is 1.53. The quantitative estimate of drug-likeness (QED) is 0.309. The predicted octanol–water partition coefficient (Wildman–Crippen LogP) is 2.00. The maximum absolute atomic E-state index is 13.0. The highest BCUT2D eigenvalue weighted by atomic mass is 35.5.